The van der Waals surface area contributed by atoms with E-state index in [-0.39, 0.29) is 0 Å². The van der Waals surface area contributed by atoms with Gasteiger partial charge in [-0.05, 0) is 0 Å². The van der Waals surface area contributed by atoms with Crippen LogP contribution in [0.3, 0.4) is 0 Å². The van der Waals surface area contributed by atoms with Crippen LogP contribution in [-0.2, 0) is 18.3 Å². The second-order valence-corrected chi connectivity index (χ2v) is 2.22. The summed E-state index contributed by atoms with van der Waals surface area (Å²) in [7, 11) is 0. The van der Waals surface area contributed by atoms with Crippen molar-refractivity contribution in [2.24, 2.45) is 0 Å². The molecule has 0 aromatic heterocycles. The molecule has 0 nitrogen and oxygen atoms in total. The van der Waals surface area contributed by atoms with Crippen molar-refractivity contribution in [1.82, 2.24) is 0 Å². The minimum absolute atomic E-state index is 1.21. The van der Waals surface area contributed by atoms with Crippen molar-refractivity contribution in [2.45, 2.75) is 0 Å². The fraction of sp³-hybridized carbons (Fsp3) is 0. The molecule has 1 rings (SSSR count). The molecule has 1 aromatic carbocycles. The molecule has 38 valence electrons. The van der Waals surface area contributed by atoms with Gasteiger partial charge in [-0.25, -0.2) is 0 Å². The fourth-order valence-corrected chi connectivity index (χ4v) is 0.721. The van der Waals surface area contributed by atoms with Gasteiger partial charge >= 0.3 is 52.8 Å². The van der Waals surface area contributed by atoms with Crippen molar-refractivity contribution < 1.29 is 18.3 Å². The predicted molar refractivity (Wildman–Crippen MR) is 26.1 cm³/mol. The first-order chi connectivity index (χ1) is 3.39. The summed E-state index contributed by atoms with van der Waals surface area (Å²) < 4.78 is 1.21. The van der Waals surface area contributed by atoms with Crippen LogP contribution in [0.25, 0.3) is 0 Å². The van der Waals surface area contributed by atoms with Gasteiger partial charge in [-0.1, -0.05) is 0 Å². The average Bonchev–Trinajstić information content (AvgIpc) is 1.69. The Morgan fingerprint density at radius 3 is 1.86 bits per heavy atom. The molecule has 0 amide bonds. The topological polar surface area (TPSA) is 0 Å². The van der Waals surface area contributed by atoms with Gasteiger partial charge < -0.3 is 0 Å². The summed E-state index contributed by atoms with van der Waals surface area (Å²) in [5.41, 5.74) is 0. The van der Waals surface area contributed by atoms with Crippen LogP contribution in [0.4, 0.5) is 0 Å². The molecule has 0 heterocycles. The maximum absolute atomic E-state index is 2.80. The summed E-state index contributed by atoms with van der Waals surface area (Å²) in [5.74, 6) is 0. The average molecular weight is 180 g/mol. The van der Waals surface area contributed by atoms with E-state index in [9.17, 15) is 0 Å². The zero-order valence-electron chi connectivity index (χ0n) is 3.72. The molecular weight excluding hydrogens is 175 g/mol. The van der Waals surface area contributed by atoms with Crippen LogP contribution < -0.4 is 4.16 Å². The molecule has 1 aromatic rings. The number of hydrogen-bond donors (Lipinski definition) is 0. The Morgan fingerprint density at radius 2 is 1.57 bits per heavy atom. The van der Waals surface area contributed by atoms with E-state index in [1.54, 1.807) is 0 Å². The standard InChI is InChI=1S/C6H5.Rh/c1-2-4-6-5-3-1;/h1-5H;. The van der Waals surface area contributed by atoms with E-state index in [1.807, 2.05) is 30.3 Å². The SMILES string of the molecule is [Rh][c]1ccccc1. The molecule has 0 N–H and O–H groups in total. The van der Waals surface area contributed by atoms with Crippen LogP contribution in [0.15, 0.2) is 30.3 Å². The first-order valence-electron chi connectivity index (χ1n) is 2.08. The molecule has 0 aliphatic heterocycles. The molecule has 7 heavy (non-hydrogen) atoms. The Balaban J connectivity index is 3.02. The number of hydrogen-bond acceptors (Lipinski definition) is 0. The Labute approximate surface area is 53.2 Å². The summed E-state index contributed by atoms with van der Waals surface area (Å²) in [6.07, 6.45) is 0. The zero-order chi connectivity index (χ0) is 5.11. The van der Waals surface area contributed by atoms with Gasteiger partial charge in [0.05, 0.1) is 0 Å². The van der Waals surface area contributed by atoms with Crippen molar-refractivity contribution in [2.75, 3.05) is 0 Å². The van der Waals surface area contributed by atoms with E-state index < -0.39 is 0 Å². The summed E-state index contributed by atoms with van der Waals surface area (Å²) in [6.45, 7) is 0. The molecule has 0 aliphatic carbocycles. The van der Waals surface area contributed by atoms with Gasteiger partial charge in [-0.2, -0.15) is 0 Å². The Bertz CT molecular complexity index is 134. The molecule has 0 spiro atoms. The summed E-state index contributed by atoms with van der Waals surface area (Å²) >= 11 is 2.80. The van der Waals surface area contributed by atoms with Crippen LogP contribution in [0, 0.1) is 0 Å². The van der Waals surface area contributed by atoms with Crippen LogP contribution >= 0.6 is 0 Å². The van der Waals surface area contributed by atoms with Gasteiger partial charge in [-0.3, -0.25) is 0 Å². The fourth-order valence-electron chi connectivity index (χ4n) is 0.406. The van der Waals surface area contributed by atoms with E-state index in [1.165, 1.54) is 4.16 Å². The van der Waals surface area contributed by atoms with Crippen LogP contribution in [-0.4, -0.2) is 0 Å². The summed E-state index contributed by atoms with van der Waals surface area (Å²) in [4.78, 5) is 0. The third-order valence-electron chi connectivity index (χ3n) is 0.718. The molecule has 0 unspecified atom stereocenters. The third-order valence-corrected chi connectivity index (χ3v) is 1.26. The molecule has 0 aliphatic rings. The minimum atomic E-state index is 1.21. The molecule has 1 heteroatoms. The molecule has 0 radical (unpaired) electrons. The molecule has 0 bridgehead atoms. The van der Waals surface area contributed by atoms with Gasteiger partial charge in [0.25, 0.3) is 0 Å². The van der Waals surface area contributed by atoms with Crippen molar-refractivity contribution in [1.29, 1.82) is 0 Å². The van der Waals surface area contributed by atoms with Crippen LogP contribution in [0.5, 0.6) is 0 Å². The molecule has 0 saturated carbocycles. The van der Waals surface area contributed by atoms with Crippen molar-refractivity contribution >= 4 is 4.16 Å². The van der Waals surface area contributed by atoms with Gasteiger partial charge in [0.2, 0.25) is 0 Å². The first-order valence-corrected chi connectivity index (χ1v) is 2.90. The first kappa shape index (κ1) is 4.99. The maximum atomic E-state index is 2.80. The van der Waals surface area contributed by atoms with Crippen LogP contribution in [0.2, 0.25) is 0 Å². The second kappa shape index (κ2) is 2.23. The summed E-state index contributed by atoms with van der Waals surface area (Å²) in [5, 5.41) is 0. The molecule has 0 fully saturated rings. The van der Waals surface area contributed by atoms with E-state index in [0.717, 1.165) is 0 Å². The molecule has 0 saturated heterocycles. The van der Waals surface area contributed by atoms with E-state index in [2.05, 4.69) is 18.3 Å². The quantitative estimate of drug-likeness (QED) is 0.519. The number of benzene rings is 1. The van der Waals surface area contributed by atoms with E-state index in [4.69, 9.17) is 0 Å². The molecule has 0 atom stereocenters. The monoisotopic (exact) mass is 180 g/mol. The van der Waals surface area contributed by atoms with Gasteiger partial charge in [0.1, 0.15) is 0 Å². The predicted octanol–water partition coefficient (Wildman–Crippen LogP) is 0.859. The Hall–Kier alpha value is -0.157. The Kier molecular flexibility index (Phi) is 1.59. The van der Waals surface area contributed by atoms with E-state index >= 15 is 0 Å². The third kappa shape index (κ3) is 1.40. The van der Waals surface area contributed by atoms with E-state index in [0.29, 0.717) is 0 Å². The van der Waals surface area contributed by atoms with Gasteiger partial charge in [0, 0.05) is 0 Å². The zero-order valence-corrected chi connectivity index (χ0v) is 5.36. The van der Waals surface area contributed by atoms with Gasteiger partial charge in [-0.15, -0.1) is 0 Å². The second-order valence-electron chi connectivity index (χ2n) is 1.27. The van der Waals surface area contributed by atoms with Gasteiger partial charge in [0.15, 0.2) is 0 Å². The van der Waals surface area contributed by atoms with Crippen molar-refractivity contribution in [3.63, 3.8) is 0 Å². The van der Waals surface area contributed by atoms with Crippen molar-refractivity contribution in [3.8, 4) is 0 Å². The number of rotatable bonds is 0. The van der Waals surface area contributed by atoms with Crippen molar-refractivity contribution in [3.05, 3.63) is 30.3 Å². The molecular formula is C6H5Rh. The summed E-state index contributed by atoms with van der Waals surface area (Å²) in [6, 6.07) is 10.1. The Morgan fingerprint density at radius 1 is 1.00 bits per heavy atom. The normalized spacial score (nSPS) is 8.86. The van der Waals surface area contributed by atoms with Crippen LogP contribution in [0.1, 0.15) is 0 Å².